The Morgan fingerprint density at radius 2 is 2.00 bits per heavy atom. The van der Waals surface area contributed by atoms with E-state index in [1.807, 2.05) is 24.0 Å². The number of aromatic nitrogens is 2. The Hall–Kier alpha value is -1.66. The van der Waals surface area contributed by atoms with Crippen LogP contribution >= 0.6 is 11.8 Å². The molecule has 0 saturated carbocycles. The van der Waals surface area contributed by atoms with Crippen LogP contribution in [0, 0.1) is 11.8 Å². The minimum atomic E-state index is 0.784. The highest BCUT2D eigenvalue weighted by atomic mass is 32.2. The van der Waals surface area contributed by atoms with Gasteiger partial charge in [0.15, 0.2) is 0 Å². The van der Waals surface area contributed by atoms with E-state index in [0.29, 0.717) is 0 Å². The lowest BCUT2D eigenvalue weighted by atomic mass is 10.2. The van der Waals surface area contributed by atoms with E-state index in [9.17, 15) is 0 Å². The minimum absolute atomic E-state index is 0.784. The second-order valence-corrected chi connectivity index (χ2v) is 5.71. The summed E-state index contributed by atoms with van der Waals surface area (Å²) >= 11 is 1.75. The van der Waals surface area contributed by atoms with Crippen LogP contribution in [0.4, 0.5) is 0 Å². The number of rotatable bonds is 5. The summed E-state index contributed by atoms with van der Waals surface area (Å²) in [5.41, 5.74) is 1.21. The molecule has 0 aliphatic heterocycles. The van der Waals surface area contributed by atoms with Crippen LogP contribution in [0.1, 0.15) is 31.7 Å². The van der Waals surface area contributed by atoms with Gasteiger partial charge in [-0.2, -0.15) is 5.10 Å². The molecule has 0 spiro atoms. The van der Waals surface area contributed by atoms with Crippen molar-refractivity contribution in [2.24, 2.45) is 7.05 Å². The summed E-state index contributed by atoms with van der Waals surface area (Å²) in [5, 5.41) is 5.54. The van der Waals surface area contributed by atoms with E-state index >= 15 is 0 Å². The summed E-state index contributed by atoms with van der Waals surface area (Å²) in [6.07, 6.45) is 6.10. The summed E-state index contributed by atoms with van der Waals surface area (Å²) in [6, 6.07) is 10.4. The quantitative estimate of drug-likeness (QED) is 0.601. The molecular formula is C17H20N2S. The van der Waals surface area contributed by atoms with E-state index in [1.54, 1.807) is 11.8 Å². The first kappa shape index (κ1) is 14.7. The topological polar surface area (TPSA) is 17.8 Å². The fourth-order valence-electron chi connectivity index (χ4n) is 1.84. The van der Waals surface area contributed by atoms with Crippen LogP contribution in [0.15, 0.2) is 46.5 Å². The van der Waals surface area contributed by atoms with Gasteiger partial charge < -0.3 is 0 Å². The van der Waals surface area contributed by atoms with Crippen LogP contribution in [0.2, 0.25) is 0 Å². The zero-order chi connectivity index (χ0) is 14.2. The van der Waals surface area contributed by atoms with Crippen molar-refractivity contribution in [3.8, 4) is 11.8 Å². The maximum absolute atomic E-state index is 4.36. The number of nitrogens with zero attached hydrogens (tertiary/aromatic N) is 2. The van der Waals surface area contributed by atoms with E-state index < -0.39 is 0 Å². The van der Waals surface area contributed by atoms with E-state index in [2.05, 4.69) is 48.1 Å². The van der Waals surface area contributed by atoms with E-state index in [0.717, 1.165) is 12.8 Å². The molecule has 0 amide bonds. The Morgan fingerprint density at radius 1 is 1.20 bits per heavy atom. The predicted molar refractivity (Wildman–Crippen MR) is 84.8 cm³/mol. The Bertz CT molecular complexity index is 590. The van der Waals surface area contributed by atoms with Crippen molar-refractivity contribution >= 4 is 11.8 Å². The van der Waals surface area contributed by atoms with Crippen LogP contribution in [0.5, 0.6) is 0 Å². The highest BCUT2D eigenvalue weighted by molar-refractivity contribution is 7.99. The minimum Gasteiger partial charge on any atom is -0.261 e. The first-order chi connectivity index (χ1) is 9.81. The Kier molecular flexibility index (Phi) is 5.76. The van der Waals surface area contributed by atoms with Crippen molar-refractivity contribution < 1.29 is 0 Å². The van der Waals surface area contributed by atoms with Crippen LogP contribution in [-0.4, -0.2) is 9.78 Å². The van der Waals surface area contributed by atoms with E-state index in [4.69, 9.17) is 0 Å². The lowest BCUT2D eigenvalue weighted by Crippen LogP contribution is -1.93. The van der Waals surface area contributed by atoms with Crippen LogP contribution in [-0.2, 0) is 13.5 Å². The van der Waals surface area contributed by atoms with Crippen LogP contribution < -0.4 is 0 Å². The Balaban J connectivity index is 2.05. The number of unbranched alkanes of at least 4 members (excludes halogenated alkanes) is 2. The van der Waals surface area contributed by atoms with E-state index in [1.165, 1.54) is 28.3 Å². The molecule has 0 N–H and O–H groups in total. The highest BCUT2D eigenvalue weighted by Gasteiger charge is 2.08. The zero-order valence-electron chi connectivity index (χ0n) is 12.1. The third kappa shape index (κ3) is 4.18. The molecule has 0 saturated heterocycles. The second-order valence-electron chi connectivity index (χ2n) is 4.65. The smallest absolute Gasteiger partial charge is 0.103 e. The summed E-state index contributed by atoms with van der Waals surface area (Å²) in [6.45, 7) is 2.19. The van der Waals surface area contributed by atoms with Crippen LogP contribution in [0.3, 0.4) is 0 Å². The molecule has 0 aliphatic rings. The molecule has 1 aromatic heterocycles. The van der Waals surface area contributed by atoms with Crippen LogP contribution in [0.25, 0.3) is 0 Å². The molecular weight excluding hydrogens is 264 g/mol. The molecule has 0 bridgehead atoms. The fraction of sp³-hybridized carbons (Fsp3) is 0.353. The van der Waals surface area contributed by atoms with E-state index in [-0.39, 0.29) is 0 Å². The van der Waals surface area contributed by atoms with Gasteiger partial charge in [-0.05, 0) is 18.6 Å². The highest BCUT2D eigenvalue weighted by Crippen LogP contribution is 2.29. The second kappa shape index (κ2) is 7.81. The van der Waals surface area contributed by atoms with Gasteiger partial charge in [0.05, 0.1) is 6.20 Å². The maximum atomic E-state index is 4.36. The SMILES string of the molecule is CCCCC#CCc1cnn(C)c1Sc1ccccc1. The van der Waals surface area contributed by atoms with Crippen molar-refractivity contribution in [2.45, 2.75) is 42.5 Å². The van der Waals surface area contributed by atoms with Gasteiger partial charge in [-0.1, -0.05) is 49.2 Å². The van der Waals surface area contributed by atoms with Gasteiger partial charge in [0.25, 0.3) is 0 Å². The molecule has 2 nitrogen and oxygen atoms in total. The standard InChI is InChI=1S/C17H20N2S/c1-3-4-5-6-8-11-15-14-18-19(2)17(15)20-16-12-9-7-10-13-16/h7,9-10,12-14H,3-5,11H2,1-2H3. The van der Waals surface area contributed by atoms with Gasteiger partial charge >= 0.3 is 0 Å². The van der Waals surface area contributed by atoms with Gasteiger partial charge in [0.2, 0.25) is 0 Å². The van der Waals surface area contributed by atoms with Crippen molar-refractivity contribution in [1.29, 1.82) is 0 Å². The van der Waals surface area contributed by atoms with Gasteiger partial charge in [0, 0.05) is 30.3 Å². The first-order valence-electron chi connectivity index (χ1n) is 7.00. The summed E-state index contributed by atoms with van der Waals surface area (Å²) in [7, 11) is 1.99. The van der Waals surface area contributed by atoms with Crippen molar-refractivity contribution in [2.75, 3.05) is 0 Å². The molecule has 1 aromatic carbocycles. The fourth-order valence-corrected chi connectivity index (χ4v) is 2.79. The van der Waals surface area contributed by atoms with Crippen molar-refractivity contribution in [3.63, 3.8) is 0 Å². The molecule has 1 heterocycles. The molecule has 2 rings (SSSR count). The largest absolute Gasteiger partial charge is 0.261 e. The first-order valence-corrected chi connectivity index (χ1v) is 7.82. The molecule has 2 aromatic rings. The number of aryl methyl sites for hydroxylation is 1. The number of benzene rings is 1. The number of hydrogen-bond donors (Lipinski definition) is 0. The molecule has 0 fully saturated rings. The predicted octanol–water partition coefficient (Wildman–Crippen LogP) is 4.31. The summed E-state index contributed by atoms with van der Waals surface area (Å²) < 4.78 is 1.93. The summed E-state index contributed by atoms with van der Waals surface area (Å²) in [4.78, 5) is 1.23. The molecule has 104 valence electrons. The van der Waals surface area contributed by atoms with Crippen molar-refractivity contribution in [1.82, 2.24) is 9.78 Å². The Morgan fingerprint density at radius 3 is 2.75 bits per heavy atom. The lowest BCUT2D eigenvalue weighted by Gasteiger charge is -2.04. The normalized spacial score (nSPS) is 10.1. The molecule has 0 unspecified atom stereocenters. The Labute approximate surface area is 125 Å². The average molecular weight is 284 g/mol. The van der Waals surface area contributed by atoms with Gasteiger partial charge in [-0.25, -0.2) is 0 Å². The zero-order valence-corrected chi connectivity index (χ0v) is 12.9. The van der Waals surface area contributed by atoms with Gasteiger partial charge in [0.1, 0.15) is 5.03 Å². The summed E-state index contributed by atoms with van der Waals surface area (Å²) in [5.74, 6) is 6.50. The molecule has 0 atom stereocenters. The average Bonchev–Trinajstić information content (AvgIpc) is 2.81. The monoisotopic (exact) mass is 284 g/mol. The molecule has 3 heteroatoms. The van der Waals surface area contributed by atoms with Crippen molar-refractivity contribution in [3.05, 3.63) is 42.1 Å². The lowest BCUT2D eigenvalue weighted by molar-refractivity contribution is 0.695. The van der Waals surface area contributed by atoms with Gasteiger partial charge in [-0.3, -0.25) is 4.68 Å². The molecule has 20 heavy (non-hydrogen) atoms. The van der Waals surface area contributed by atoms with Gasteiger partial charge in [-0.15, -0.1) is 5.92 Å². The molecule has 0 radical (unpaired) electrons. The maximum Gasteiger partial charge on any atom is 0.103 e. The molecule has 0 aliphatic carbocycles. The third-order valence-corrected chi connectivity index (χ3v) is 4.20. The number of hydrogen-bond acceptors (Lipinski definition) is 2. The third-order valence-electron chi connectivity index (χ3n) is 2.97.